The largest absolute Gasteiger partial charge is 0.394 e. The van der Waals surface area contributed by atoms with Gasteiger partial charge in [0.2, 0.25) is 0 Å². The van der Waals surface area contributed by atoms with Gasteiger partial charge in [-0.3, -0.25) is 9.88 Å². The van der Waals surface area contributed by atoms with Crippen LogP contribution in [0.15, 0.2) is 67.1 Å². The molecule has 31 heavy (non-hydrogen) atoms. The summed E-state index contributed by atoms with van der Waals surface area (Å²) in [6.07, 6.45) is 7.71. The minimum absolute atomic E-state index is 0.0214. The van der Waals surface area contributed by atoms with Gasteiger partial charge in [0, 0.05) is 36.6 Å². The Morgan fingerprint density at radius 1 is 1.06 bits per heavy atom. The summed E-state index contributed by atoms with van der Waals surface area (Å²) in [6.45, 7) is 4.04. The van der Waals surface area contributed by atoms with Crippen LogP contribution < -0.4 is 0 Å². The first-order valence-corrected chi connectivity index (χ1v) is 10.9. The smallest absolute Gasteiger partial charge is 0.163 e. The number of pyridine rings is 1. The molecule has 0 radical (unpaired) electrons. The number of hydrogen-bond acceptors (Lipinski definition) is 5. The fourth-order valence-electron chi connectivity index (χ4n) is 4.87. The van der Waals surface area contributed by atoms with Crippen LogP contribution in [0.3, 0.4) is 0 Å². The fraction of sp³-hybridized carbons (Fsp3) is 0.320. The number of nitrogens with zero attached hydrogens (tertiary/aromatic N) is 5. The zero-order valence-electron chi connectivity index (χ0n) is 17.7. The number of piperidine rings is 1. The lowest BCUT2D eigenvalue weighted by molar-refractivity contribution is 0.0942. The first kappa shape index (κ1) is 19.8. The third kappa shape index (κ3) is 3.73. The van der Waals surface area contributed by atoms with Gasteiger partial charge >= 0.3 is 0 Å². The van der Waals surface area contributed by atoms with Crippen LogP contribution in [0.5, 0.6) is 0 Å². The Labute approximate surface area is 182 Å². The quantitative estimate of drug-likeness (QED) is 0.535. The van der Waals surface area contributed by atoms with E-state index in [0.717, 1.165) is 48.4 Å². The molecule has 6 heteroatoms. The zero-order chi connectivity index (χ0) is 21.2. The van der Waals surface area contributed by atoms with E-state index in [2.05, 4.69) is 33.1 Å². The van der Waals surface area contributed by atoms with Crippen molar-refractivity contribution in [3.63, 3.8) is 0 Å². The Bertz CT molecular complexity index is 1160. The van der Waals surface area contributed by atoms with Crippen molar-refractivity contribution in [2.24, 2.45) is 0 Å². The summed E-state index contributed by atoms with van der Waals surface area (Å²) in [5.41, 5.74) is 6.36. The molecule has 0 amide bonds. The van der Waals surface area contributed by atoms with E-state index in [4.69, 9.17) is 5.10 Å². The third-order valence-electron chi connectivity index (χ3n) is 6.36. The first-order chi connectivity index (χ1) is 15.3. The van der Waals surface area contributed by atoms with Gasteiger partial charge in [0.15, 0.2) is 5.65 Å². The second kappa shape index (κ2) is 8.57. The van der Waals surface area contributed by atoms with E-state index in [1.165, 1.54) is 11.3 Å². The van der Waals surface area contributed by atoms with Crippen molar-refractivity contribution >= 4 is 5.65 Å². The maximum absolute atomic E-state index is 10.2. The maximum atomic E-state index is 10.2. The Balaban J connectivity index is 1.50. The molecule has 0 spiro atoms. The molecule has 1 aliphatic rings. The van der Waals surface area contributed by atoms with Gasteiger partial charge in [0.05, 0.1) is 24.0 Å². The van der Waals surface area contributed by atoms with Gasteiger partial charge < -0.3 is 5.11 Å². The van der Waals surface area contributed by atoms with E-state index in [1.807, 2.05) is 48.0 Å². The highest BCUT2D eigenvalue weighted by molar-refractivity contribution is 5.79. The summed E-state index contributed by atoms with van der Waals surface area (Å²) in [6, 6.07) is 16.4. The van der Waals surface area contributed by atoms with Crippen LogP contribution in [-0.2, 0) is 0 Å². The standard InChI is InChI=1S/C25H27N5O/c1-18-24(20-9-12-26-13-10-20)25-27-14-11-22(30(25)28-18)21-8-5-15-29(16-21)23(17-31)19-6-3-2-4-7-19/h2-4,6-7,9-14,21,23,31H,5,8,15-17H2,1H3/t21-,23-/m0/s1. The Morgan fingerprint density at radius 3 is 2.65 bits per heavy atom. The fourth-order valence-corrected chi connectivity index (χ4v) is 4.87. The van der Waals surface area contributed by atoms with Crippen LogP contribution in [0.2, 0.25) is 0 Å². The molecule has 0 bridgehead atoms. The lowest BCUT2D eigenvalue weighted by atomic mass is 9.92. The monoisotopic (exact) mass is 413 g/mol. The number of aromatic nitrogens is 4. The van der Waals surface area contributed by atoms with E-state index in [1.54, 1.807) is 12.4 Å². The van der Waals surface area contributed by atoms with Gasteiger partial charge in [-0.1, -0.05) is 30.3 Å². The molecule has 1 aromatic carbocycles. The van der Waals surface area contributed by atoms with Crippen LogP contribution in [-0.4, -0.2) is 49.3 Å². The van der Waals surface area contributed by atoms with Crippen molar-refractivity contribution in [1.29, 1.82) is 0 Å². The molecule has 1 aliphatic heterocycles. The van der Waals surface area contributed by atoms with E-state index in [-0.39, 0.29) is 12.6 Å². The third-order valence-corrected chi connectivity index (χ3v) is 6.36. The van der Waals surface area contributed by atoms with E-state index in [0.29, 0.717) is 5.92 Å². The van der Waals surface area contributed by atoms with E-state index >= 15 is 0 Å². The molecule has 158 valence electrons. The summed E-state index contributed by atoms with van der Waals surface area (Å²) in [5.74, 6) is 0.335. The van der Waals surface area contributed by atoms with Crippen molar-refractivity contribution in [3.05, 3.63) is 84.1 Å². The molecular weight excluding hydrogens is 386 g/mol. The number of aryl methyl sites for hydroxylation is 1. The predicted octanol–water partition coefficient (Wildman–Crippen LogP) is 4.01. The number of fused-ring (bicyclic) bond motifs is 1. The molecule has 4 heterocycles. The van der Waals surface area contributed by atoms with Crippen LogP contribution in [0.1, 0.15) is 41.8 Å². The SMILES string of the molecule is Cc1nn2c([C@H]3CCCN([C@@H](CO)c4ccccc4)C3)ccnc2c1-c1ccncc1. The van der Waals surface area contributed by atoms with Gasteiger partial charge in [-0.15, -0.1) is 0 Å². The number of rotatable bonds is 5. The van der Waals surface area contributed by atoms with Crippen LogP contribution in [0.4, 0.5) is 0 Å². The number of benzene rings is 1. The lowest BCUT2D eigenvalue weighted by Crippen LogP contribution is -2.39. The van der Waals surface area contributed by atoms with Gasteiger partial charge in [-0.25, -0.2) is 9.50 Å². The predicted molar refractivity (Wildman–Crippen MR) is 121 cm³/mol. The summed E-state index contributed by atoms with van der Waals surface area (Å²) in [4.78, 5) is 11.2. The van der Waals surface area contributed by atoms with Crippen LogP contribution in [0, 0.1) is 6.92 Å². The topological polar surface area (TPSA) is 66.5 Å². The van der Waals surface area contributed by atoms with Gasteiger partial charge in [0.1, 0.15) is 0 Å². The molecule has 4 aromatic rings. The molecule has 1 N–H and O–H groups in total. The molecule has 0 unspecified atom stereocenters. The molecule has 6 nitrogen and oxygen atoms in total. The minimum Gasteiger partial charge on any atom is -0.394 e. The minimum atomic E-state index is 0.0214. The number of likely N-dealkylation sites (tertiary alicyclic amines) is 1. The Morgan fingerprint density at radius 2 is 1.87 bits per heavy atom. The molecule has 0 aliphatic carbocycles. The Hall–Kier alpha value is -3.09. The highest BCUT2D eigenvalue weighted by atomic mass is 16.3. The summed E-state index contributed by atoms with van der Waals surface area (Å²) in [7, 11) is 0. The van der Waals surface area contributed by atoms with Crippen molar-refractivity contribution in [2.45, 2.75) is 31.7 Å². The maximum Gasteiger partial charge on any atom is 0.163 e. The lowest BCUT2D eigenvalue weighted by Gasteiger charge is -2.38. The summed E-state index contributed by atoms with van der Waals surface area (Å²) >= 11 is 0. The molecule has 3 aromatic heterocycles. The molecule has 5 rings (SSSR count). The highest BCUT2D eigenvalue weighted by Gasteiger charge is 2.29. The zero-order valence-corrected chi connectivity index (χ0v) is 17.7. The Kier molecular flexibility index (Phi) is 5.49. The number of aliphatic hydroxyl groups is 1. The van der Waals surface area contributed by atoms with Crippen molar-refractivity contribution in [1.82, 2.24) is 24.5 Å². The number of aliphatic hydroxyl groups excluding tert-OH is 1. The second-order valence-corrected chi connectivity index (χ2v) is 8.24. The highest BCUT2D eigenvalue weighted by Crippen LogP contribution is 2.34. The average molecular weight is 414 g/mol. The second-order valence-electron chi connectivity index (χ2n) is 8.24. The van der Waals surface area contributed by atoms with Crippen molar-refractivity contribution in [2.75, 3.05) is 19.7 Å². The van der Waals surface area contributed by atoms with Crippen molar-refractivity contribution < 1.29 is 5.11 Å². The van der Waals surface area contributed by atoms with Crippen LogP contribution in [0.25, 0.3) is 16.8 Å². The summed E-state index contributed by atoms with van der Waals surface area (Å²) in [5, 5.41) is 15.0. The van der Waals surface area contributed by atoms with Crippen molar-refractivity contribution in [3.8, 4) is 11.1 Å². The molecular formula is C25H27N5O. The average Bonchev–Trinajstić information content (AvgIpc) is 3.17. The molecule has 1 fully saturated rings. The summed E-state index contributed by atoms with van der Waals surface area (Å²) < 4.78 is 2.02. The van der Waals surface area contributed by atoms with E-state index in [9.17, 15) is 5.11 Å². The van der Waals surface area contributed by atoms with Gasteiger partial charge in [0.25, 0.3) is 0 Å². The van der Waals surface area contributed by atoms with Crippen LogP contribution >= 0.6 is 0 Å². The van der Waals surface area contributed by atoms with Gasteiger partial charge in [-0.2, -0.15) is 5.10 Å². The molecule has 1 saturated heterocycles. The first-order valence-electron chi connectivity index (χ1n) is 10.9. The van der Waals surface area contributed by atoms with Gasteiger partial charge in [-0.05, 0) is 55.6 Å². The van der Waals surface area contributed by atoms with E-state index < -0.39 is 0 Å². The normalized spacial score (nSPS) is 18.3. The number of hydrogen-bond donors (Lipinski definition) is 1. The molecule has 2 atom stereocenters. The molecule has 0 saturated carbocycles.